The molecule has 0 spiro atoms. The third kappa shape index (κ3) is 3.76. The lowest BCUT2D eigenvalue weighted by Gasteiger charge is -2.11. The van der Waals surface area contributed by atoms with E-state index in [1.54, 1.807) is 6.20 Å². The monoisotopic (exact) mass is 222 g/mol. The average Bonchev–Trinajstić information content (AvgIpc) is 2.27. The number of nitriles is 1. The van der Waals surface area contributed by atoms with Crippen molar-refractivity contribution < 1.29 is 0 Å². The normalized spacial score (nSPS) is 11.8. The minimum Gasteiger partial charge on any atom is -0.367 e. The quantitative estimate of drug-likeness (QED) is 0.822. The standard InChI is InChI=1S/C10H14N4S/c1-8(7-15-2)6-14-10-9(5-11)12-3-4-13-10/h3-4,8H,6-7H2,1-2H3,(H,13,14). The molecule has 0 saturated carbocycles. The van der Waals surface area contributed by atoms with Gasteiger partial charge in [0.2, 0.25) is 0 Å². The van der Waals surface area contributed by atoms with Crippen LogP contribution in [-0.2, 0) is 0 Å². The second kappa shape index (κ2) is 6.25. The van der Waals surface area contributed by atoms with Gasteiger partial charge in [-0.15, -0.1) is 0 Å². The Labute approximate surface area is 94.1 Å². The van der Waals surface area contributed by atoms with Crippen LogP contribution in [0.4, 0.5) is 5.82 Å². The molecule has 0 radical (unpaired) electrons. The largest absolute Gasteiger partial charge is 0.367 e. The molecule has 0 aliphatic rings. The van der Waals surface area contributed by atoms with Gasteiger partial charge in [-0.3, -0.25) is 0 Å². The van der Waals surface area contributed by atoms with Crippen LogP contribution in [0.15, 0.2) is 12.4 Å². The molecule has 4 nitrogen and oxygen atoms in total. The minimum atomic E-state index is 0.355. The van der Waals surface area contributed by atoms with E-state index in [1.807, 2.05) is 17.8 Å². The molecule has 0 fully saturated rings. The van der Waals surface area contributed by atoms with Crippen molar-refractivity contribution in [3.63, 3.8) is 0 Å². The lowest BCUT2D eigenvalue weighted by molar-refractivity contribution is 0.699. The van der Waals surface area contributed by atoms with Gasteiger partial charge in [-0.1, -0.05) is 6.92 Å². The summed E-state index contributed by atoms with van der Waals surface area (Å²) in [4.78, 5) is 8.01. The Kier molecular flexibility index (Phi) is 4.91. The van der Waals surface area contributed by atoms with Gasteiger partial charge in [0.15, 0.2) is 11.5 Å². The summed E-state index contributed by atoms with van der Waals surface area (Å²) in [6.07, 6.45) is 5.19. The van der Waals surface area contributed by atoms with Gasteiger partial charge in [0.05, 0.1) is 0 Å². The number of hydrogen-bond acceptors (Lipinski definition) is 5. The van der Waals surface area contributed by atoms with Crippen molar-refractivity contribution in [3.05, 3.63) is 18.1 Å². The molecule has 15 heavy (non-hydrogen) atoms. The van der Waals surface area contributed by atoms with Crippen LogP contribution in [0.25, 0.3) is 0 Å². The molecule has 0 amide bonds. The highest BCUT2D eigenvalue weighted by Crippen LogP contribution is 2.09. The van der Waals surface area contributed by atoms with Crippen molar-refractivity contribution in [1.29, 1.82) is 5.26 Å². The van der Waals surface area contributed by atoms with Gasteiger partial charge in [-0.05, 0) is 17.9 Å². The molecule has 0 bridgehead atoms. The molecular formula is C10H14N4S. The summed E-state index contributed by atoms with van der Waals surface area (Å²) in [6, 6.07) is 2.01. The Balaban J connectivity index is 2.54. The Bertz CT molecular complexity index is 348. The van der Waals surface area contributed by atoms with Crippen LogP contribution in [0.5, 0.6) is 0 Å². The molecule has 1 N–H and O–H groups in total. The Morgan fingerprint density at radius 3 is 2.93 bits per heavy atom. The van der Waals surface area contributed by atoms with E-state index in [1.165, 1.54) is 6.20 Å². The van der Waals surface area contributed by atoms with E-state index in [2.05, 4.69) is 28.5 Å². The van der Waals surface area contributed by atoms with E-state index < -0.39 is 0 Å². The molecule has 0 aromatic carbocycles. The number of nitrogens with zero attached hydrogens (tertiary/aromatic N) is 3. The fourth-order valence-corrected chi connectivity index (χ4v) is 1.85. The summed E-state index contributed by atoms with van der Waals surface area (Å²) in [7, 11) is 0. The molecule has 1 unspecified atom stereocenters. The van der Waals surface area contributed by atoms with Crippen LogP contribution >= 0.6 is 11.8 Å². The molecular weight excluding hydrogens is 208 g/mol. The van der Waals surface area contributed by atoms with Gasteiger partial charge in [0.25, 0.3) is 0 Å². The van der Waals surface area contributed by atoms with E-state index in [4.69, 9.17) is 5.26 Å². The summed E-state index contributed by atoms with van der Waals surface area (Å²) in [5.74, 6) is 2.22. The number of rotatable bonds is 5. The van der Waals surface area contributed by atoms with Crippen molar-refractivity contribution in [3.8, 4) is 6.07 Å². The van der Waals surface area contributed by atoms with Crippen molar-refractivity contribution in [2.24, 2.45) is 5.92 Å². The summed E-state index contributed by atoms with van der Waals surface area (Å²) in [5.41, 5.74) is 0.355. The van der Waals surface area contributed by atoms with Crippen molar-refractivity contribution in [2.45, 2.75) is 6.92 Å². The van der Waals surface area contributed by atoms with Crippen molar-refractivity contribution in [2.75, 3.05) is 23.9 Å². The van der Waals surface area contributed by atoms with Crippen molar-refractivity contribution >= 4 is 17.6 Å². The number of hydrogen-bond donors (Lipinski definition) is 1. The molecule has 80 valence electrons. The lowest BCUT2D eigenvalue weighted by atomic mass is 10.2. The number of nitrogens with one attached hydrogen (secondary N) is 1. The molecule has 1 atom stereocenters. The highest BCUT2D eigenvalue weighted by Gasteiger charge is 2.05. The molecule has 5 heteroatoms. The second-order valence-electron chi connectivity index (χ2n) is 3.31. The van der Waals surface area contributed by atoms with Gasteiger partial charge in [-0.25, -0.2) is 9.97 Å². The summed E-state index contributed by atoms with van der Waals surface area (Å²) in [5, 5.41) is 11.9. The summed E-state index contributed by atoms with van der Waals surface area (Å²) < 4.78 is 0. The molecule has 1 aromatic rings. The van der Waals surface area contributed by atoms with Gasteiger partial charge in [0, 0.05) is 18.9 Å². The molecule has 1 heterocycles. The summed E-state index contributed by atoms with van der Waals surface area (Å²) in [6.45, 7) is 2.97. The molecule has 1 rings (SSSR count). The van der Waals surface area contributed by atoms with Crippen LogP contribution in [-0.4, -0.2) is 28.5 Å². The third-order valence-corrected chi connectivity index (χ3v) is 2.78. The maximum Gasteiger partial charge on any atom is 0.182 e. The van der Waals surface area contributed by atoms with E-state index in [0.29, 0.717) is 17.4 Å². The van der Waals surface area contributed by atoms with Crippen LogP contribution in [0.1, 0.15) is 12.6 Å². The first kappa shape index (κ1) is 11.8. The Hall–Kier alpha value is -1.28. The number of aromatic nitrogens is 2. The van der Waals surface area contributed by atoms with Crippen LogP contribution in [0.3, 0.4) is 0 Å². The van der Waals surface area contributed by atoms with Gasteiger partial charge >= 0.3 is 0 Å². The Morgan fingerprint density at radius 1 is 1.53 bits per heavy atom. The first-order chi connectivity index (χ1) is 7.27. The maximum atomic E-state index is 8.79. The van der Waals surface area contributed by atoms with E-state index in [-0.39, 0.29) is 0 Å². The predicted molar refractivity (Wildman–Crippen MR) is 62.8 cm³/mol. The lowest BCUT2D eigenvalue weighted by Crippen LogP contribution is -2.15. The SMILES string of the molecule is CSCC(C)CNc1nccnc1C#N. The fourth-order valence-electron chi connectivity index (χ4n) is 1.16. The molecule has 0 aliphatic carbocycles. The summed E-state index contributed by atoms with van der Waals surface area (Å²) >= 11 is 1.81. The highest BCUT2D eigenvalue weighted by molar-refractivity contribution is 7.98. The van der Waals surface area contributed by atoms with E-state index in [0.717, 1.165) is 12.3 Å². The van der Waals surface area contributed by atoms with Crippen LogP contribution in [0.2, 0.25) is 0 Å². The smallest absolute Gasteiger partial charge is 0.182 e. The molecule has 0 aliphatic heterocycles. The highest BCUT2D eigenvalue weighted by atomic mass is 32.2. The third-order valence-electron chi connectivity index (χ3n) is 1.87. The Morgan fingerprint density at radius 2 is 2.27 bits per heavy atom. The predicted octanol–water partition coefficient (Wildman–Crippen LogP) is 1.76. The van der Waals surface area contributed by atoms with E-state index in [9.17, 15) is 0 Å². The van der Waals surface area contributed by atoms with Gasteiger partial charge < -0.3 is 5.32 Å². The van der Waals surface area contributed by atoms with Crippen LogP contribution < -0.4 is 5.32 Å². The first-order valence-electron chi connectivity index (χ1n) is 4.71. The molecule has 0 saturated heterocycles. The zero-order chi connectivity index (χ0) is 11.1. The van der Waals surface area contributed by atoms with Crippen LogP contribution in [0, 0.1) is 17.2 Å². The second-order valence-corrected chi connectivity index (χ2v) is 4.22. The van der Waals surface area contributed by atoms with Crippen molar-refractivity contribution in [1.82, 2.24) is 9.97 Å². The van der Waals surface area contributed by atoms with Gasteiger partial charge in [0.1, 0.15) is 6.07 Å². The zero-order valence-corrected chi connectivity index (χ0v) is 9.71. The first-order valence-corrected chi connectivity index (χ1v) is 6.11. The maximum absolute atomic E-state index is 8.79. The number of thioether (sulfide) groups is 1. The molecule has 1 aromatic heterocycles. The average molecular weight is 222 g/mol. The fraction of sp³-hybridized carbons (Fsp3) is 0.500. The topological polar surface area (TPSA) is 61.6 Å². The zero-order valence-electron chi connectivity index (χ0n) is 8.90. The van der Waals surface area contributed by atoms with E-state index >= 15 is 0 Å². The number of anilines is 1. The minimum absolute atomic E-state index is 0.355. The van der Waals surface area contributed by atoms with Gasteiger partial charge in [-0.2, -0.15) is 17.0 Å².